The first-order valence-electron chi connectivity index (χ1n) is 6.98. The summed E-state index contributed by atoms with van der Waals surface area (Å²) in [6.07, 6.45) is 2.78. The molecule has 0 unspecified atom stereocenters. The van der Waals surface area contributed by atoms with Gasteiger partial charge in [-0.3, -0.25) is 9.59 Å². The summed E-state index contributed by atoms with van der Waals surface area (Å²) in [7, 11) is 1.49. The molecule has 0 saturated carbocycles. The lowest BCUT2D eigenvalue weighted by molar-refractivity contribution is -0.123. The van der Waals surface area contributed by atoms with Crippen molar-refractivity contribution in [2.75, 3.05) is 26.9 Å². The average molecular weight is 372 g/mol. The minimum Gasteiger partial charge on any atom is -0.493 e. The number of halogens is 1. The van der Waals surface area contributed by atoms with E-state index in [1.165, 1.54) is 13.2 Å². The Kier molecular flexibility index (Phi) is 6.21. The van der Waals surface area contributed by atoms with Crippen LogP contribution in [0, 0.1) is 0 Å². The van der Waals surface area contributed by atoms with E-state index in [9.17, 15) is 9.59 Å². The molecule has 0 aliphatic carbocycles. The van der Waals surface area contributed by atoms with Crippen molar-refractivity contribution in [2.24, 2.45) is 0 Å². The van der Waals surface area contributed by atoms with Crippen molar-refractivity contribution in [1.29, 1.82) is 0 Å². The molecule has 0 bridgehead atoms. The highest BCUT2D eigenvalue weighted by atomic mass is 79.9. The van der Waals surface area contributed by atoms with E-state index in [2.05, 4.69) is 21.2 Å². The fourth-order valence-electron chi connectivity index (χ4n) is 2.14. The van der Waals surface area contributed by atoms with Crippen LogP contribution in [0.15, 0.2) is 16.6 Å². The number of benzene rings is 1. The standard InChI is InChI=1S/C15H18BrNO5/c1-20-13-6-12(16)10(8-18)5-14(13)22-9-15(19)17-7-11-3-2-4-21-11/h5-6,8,11H,2-4,7,9H2,1H3,(H,17,19)/t11-/m1/s1. The van der Waals surface area contributed by atoms with Crippen LogP contribution in [0.4, 0.5) is 0 Å². The highest BCUT2D eigenvalue weighted by molar-refractivity contribution is 9.10. The van der Waals surface area contributed by atoms with Crippen molar-refractivity contribution in [1.82, 2.24) is 5.32 Å². The molecule has 1 fully saturated rings. The zero-order chi connectivity index (χ0) is 15.9. The summed E-state index contributed by atoms with van der Waals surface area (Å²) in [5.41, 5.74) is 0.426. The van der Waals surface area contributed by atoms with E-state index in [1.54, 1.807) is 6.07 Å². The van der Waals surface area contributed by atoms with Crippen molar-refractivity contribution < 1.29 is 23.8 Å². The fourth-order valence-corrected chi connectivity index (χ4v) is 2.56. The highest BCUT2D eigenvalue weighted by Crippen LogP contribution is 2.32. The second-order valence-corrected chi connectivity index (χ2v) is 5.72. The van der Waals surface area contributed by atoms with Gasteiger partial charge in [-0.15, -0.1) is 0 Å². The van der Waals surface area contributed by atoms with Gasteiger partial charge in [0, 0.05) is 23.2 Å². The Morgan fingerprint density at radius 3 is 2.95 bits per heavy atom. The third-order valence-electron chi connectivity index (χ3n) is 3.32. The monoisotopic (exact) mass is 371 g/mol. The number of ether oxygens (including phenoxy) is 3. The van der Waals surface area contributed by atoms with Gasteiger partial charge in [0.25, 0.3) is 5.91 Å². The third kappa shape index (κ3) is 4.45. The molecule has 7 heteroatoms. The molecule has 0 aromatic heterocycles. The van der Waals surface area contributed by atoms with Gasteiger partial charge in [0.2, 0.25) is 0 Å². The molecule has 1 N–H and O–H groups in total. The molecule has 22 heavy (non-hydrogen) atoms. The first-order chi connectivity index (χ1) is 10.6. The summed E-state index contributed by atoms with van der Waals surface area (Å²) in [5.74, 6) is 0.553. The van der Waals surface area contributed by atoms with E-state index in [-0.39, 0.29) is 18.6 Å². The van der Waals surface area contributed by atoms with Gasteiger partial charge in [-0.2, -0.15) is 0 Å². The van der Waals surface area contributed by atoms with E-state index in [4.69, 9.17) is 14.2 Å². The van der Waals surface area contributed by atoms with E-state index in [0.29, 0.717) is 34.4 Å². The van der Waals surface area contributed by atoms with E-state index < -0.39 is 0 Å². The summed E-state index contributed by atoms with van der Waals surface area (Å²) < 4.78 is 16.7. The predicted molar refractivity (Wildman–Crippen MR) is 83.6 cm³/mol. The molecule has 1 aromatic rings. The summed E-state index contributed by atoms with van der Waals surface area (Å²) in [5, 5.41) is 2.76. The second-order valence-electron chi connectivity index (χ2n) is 4.87. The molecule has 1 aromatic carbocycles. The Bertz CT molecular complexity index is 543. The largest absolute Gasteiger partial charge is 0.493 e. The fraction of sp³-hybridized carbons (Fsp3) is 0.467. The Morgan fingerprint density at radius 2 is 2.32 bits per heavy atom. The minimum atomic E-state index is -0.242. The normalized spacial score (nSPS) is 17.1. The van der Waals surface area contributed by atoms with Crippen LogP contribution in [0.25, 0.3) is 0 Å². The Balaban J connectivity index is 1.89. The number of rotatable bonds is 7. The van der Waals surface area contributed by atoms with Gasteiger partial charge >= 0.3 is 0 Å². The summed E-state index contributed by atoms with van der Waals surface area (Å²) in [6, 6.07) is 3.16. The SMILES string of the molecule is COc1cc(Br)c(C=O)cc1OCC(=O)NC[C@H]1CCCO1. The van der Waals surface area contributed by atoms with Crippen molar-refractivity contribution in [3.63, 3.8) is 0 Å². The van der Waals surface area contributed by atoms with Crippen LogP contribution in [0.2, 0.25) is 0 Å². The van der Waals surface area contributed by atoms with E-state index in [0.717, 1.165) is 19.4 Å². The number of carbonyl (C=O) groups excluding carboxylic acids is 2. The number of amides is 1. The van der Waals surface area contributed by atoms with E-state index >= 15 is 0 Å². The first kappa shape index (κ1) is 16.8. The molecule has 1 aliphatic rings. The Morgan fingerprint density at radius 1 is 1.50 bits per heavy atom. The van der Waals surface area contributed by atoms with Gasteiger partial charge < -0.3 is 19.5 Å². The van der Waals surface area contributed by atoms with Gasteiger partial charge in [0.15, 0.2) is 24.4 Å². The molecule has 0 radical (unpaired) electrons. The van der Waals surface area contributed by atoms with Gasteiger partial charge in [-0.25, -0.2) is 0 Å². The predicted octanol–water partition coefficient (Wildman–Crippen LogP) is 1.94. The van der Waals surface area contributed by atoms with Gasteiger partial charge in [0.05, 0.1) is 13.2 Å². The lowest BCUT2D eigenvalue weighted by Gasteiger charge is -2.13. The molecule has 1 heterocycles. The Labute approximate surface area is 137 Å². The lowest BCUT2D eigenvalue weighted by atomic mass is 10.2. The van der Waals surface area contributed by atoms with E-state index in [1.807, 2.05) is 0 Å². The molecule has 120 valence electrons. The molecule has 2 rings (SSSR count). The van der Waals surface area contributed by atoms with Crippen LogP contribution in [0.1, 0.15) is 23.2 Å². The maximum absolute atomic E-state index is 11.8. The quantitative estimate of drug-likeness (QED) is 0.741. The molecule has 0 spiro atoms. The number of carbonyl (C=O) groups is 2. The van der Waals surface area contributed by atoms with Gasteiger partial charge in [0.1, 0.15) is 0 Å². The topological polar surface area (TPSA) is 73.9 Å². The third-order valence-corrected chi connectivity index (χ3v) is 4.01. The Hall–Kier alpha value is -1.60. The summed E-state index contributed by atoms with van der Waals surface area (Å²) in [4.78, 5) is 22.7. The summed E-state index contributed by atoms with van der Waals surface area (Å²) >= 11 is 3.26. The number of hydrogen-bond acceptors (Lipinski definition) is 5. The van der Waals surface area contributed by atoms with Crippen LogP contribution in [0.3, 0.4) is 0 Å². The maximum atomic E-state index is 11.8. The molecule has 6 nitrogen and oxygen atoms in total. The van der Waals surface area contributed by atoms with Gasteiger partial charge in [-0.1, -0.05) is 0 Å². The second kappa shape index (κ2) is 8.14. The van der Waals surface area contributed by atoms with Crippen LogP contribution < -0.4 is 14.8 Å². The highest BCUT2D eigenvalue weighted by Gasteiger charge is 2.17. The zero-order valence-electron chi connectivity index (χ0n) is 12.3. The molecule has 1 aliphatic heterocycles. The molecule has 1 amide bonds. The molecular weight excluding hydrogens is 354 g/mol. The van der Waals surface area contributed by atoms with Gasteiger partial charge in [-0.05, 0) is 40.9 Å². The number of methoxy groups -OCH3 is 1. The average Bonchev–Trinajstić information content (AvgIpc) is 3.04. The van der Waals surface area contributed by atoms with Crippen LogP contribution in [0.5, 0.6) is 11.5 Å². The maximum Gasteiger partial charge on any atom is 0.258 e. The van der Waals surface area contributed by atoms with Crippen molar-refractivity contribution in [3.05, 3.63) is 22.2 Å². The minimum absolute atomic E-state index is 0.0906. The van der Waals surface area contributed by atoms with Crippen LogP contribution in [-0.4, -0.2) is 45.2 Å². The number of hydrogen-bond donors (Lipinski definition) is 1. The zero-order valence-corrected chi connectivity index (χ0v) is 13.9. The van der Waals surface area contributed by atoms with Crippen molar-refractivity contribution in [3.8, 4) is 11.5 Å². The van der Waals surface area contributed by atoms with Crippen LogP contribution >= 0.6 is 15.9 Å². The molecular formula is C15H18BrNO5. The molecule has 1 saturated heterocycles. The molecule has 1 atom stereocenters. The lowest BCUT2D eigenvalue weighted by Crippen LogP contribution is -2.35. The van der Waals surface area contributed by atoms with Crippen molar-refractivity contribution >= 4 is 28.1 Å². The smallest absolute Gasteiger partial charge is 0.258 e. The van der Waals surface area contributed by atoms with Crippen LogP contribution in [-0.2, 0) is 9.53 Å². The summed E-state index contributed by atoms with van der Waals surface area (Å²) in [6.45, 7) is 1.09. The first-order valence-corrected chi connectivity index (χ1v) is 7.77. The number of nitrogens with one attached hydrogen (secondary N) is 1. The van der Waals surface area contributed by atoms with Crippen molar-refractivity contribution in [2.45, 2.75) is 18.9 Å². The number of aldehydes is 1.